The fourth-order valence-electron chi connectivity index (χ4n) is 2.63. The maximum Gasteiger partial charge on any atom is 0.324 e. The van der Waals surface area contributed by atoms with Crippen LogP contribution < -0.4 is 5.32 Å². The van der Waals surface area contributed by atoms with Gasteiger partial charge in [0.05, 0.1) is 0 Å². The molecule has 1 aliphatic heterocycles. The van der Waals surface area contributed by atoms with E-state index in [0.717, 1.165) is 12.8 Å². The quantitative estimate of drug-likeness (QED) is 0.683. The molecule has 4 heteroatoms. The van der Waals surface area contributed by atoms with Crippen molar-refractivity contribution in [1.82, 2.24) is 10.2 Å². The van der Waals surface area contributed by atoms with Crippen LogP contribution in [0.15, 0.2) is 0 Å². The monoisotopic (exact) mass is 224 g/mol. The summed E-state index contributed by atoms with van der Waals surface area (Å²) in [6.45, 7) is 6.33. The van der Waals surface area contributed by atoms with E-state index in [1.165, 1.54) is 11.3 Å². The minimum atomic E-state index is -0.434. The van der Waals surface area contributed by atoms with Crippen molar-refractivity contribution in [1.29, 1.82) is 0 Å². The van der Waals surface area contributed by atoms with Crippen LogP contribution in [0.5, 0.6) is 0 Å². The Kier molecular flexibility index (Phi) is 2.48. The van der Waals surface area contributed by atoms with Crippen LogP contribution in [-0.2, 0) is 4.79 Å². The molecule has 0 aromatic heterocycles. The van der Waals surface area contributed by atoms with Crippen LogP contribution in [0, 0.1) is 5.41 Å². The second kappa shape index (κ2) is 3.47. The third kappa shape index (κ3) is 1.81. The van der Waals surface area contributed by atoms with E-state index in [2.05, 4.69) is 5.32 Å². The van der Waals surface area contributed by atoms with Gasteiger partial charge >= 0.3 is 6.03 Å². The number of rotatable bonds is 0. The summed E-state index contributed by atoms with van der Waals surface area (Å²) < 4.78 is 0. The molecule has 1 saturated carbocycles. The van der Waals surface area contributed by atoms with Crippen molar-refractivity contribution >= 4 is 11.9 Å². The molecule has 1 saturated heterocycles. The third-order valence-electron chi connectivity index (χ3n) is 3.68. The second-order valence-corrected chi connectivity index (χ2v) is 6.09. The van der Waals surface area contributed by atoms with E-state index in [-0.39, 0.29) is 17.4 Å². The van der Waals surface area contributed by atoms with Crippen LogP contribution in [0.1, 0.15) is 46.5 Å². The summed E-state index contributed by atoms with van der Waals surface area (Å²) in [6, 6.07) is -0.235. The van der Waals surface area contributed by atoms with Gasteiger partial charge in [0.15, 0.2) is 0 Å². The smallest absolute Gasteiger partial charge is 0.324 e. The fraction of sp³-hybridized carbons (Fsp3) is 0.833. The lowest BCUT2D eigenvalue weighted by Gasteiger charge is -2.40. The molecule has 0 unspecified atom stereocenters. The Balaban J connectivity index is 2.21. The normalized spacial score (nSPS) is 25.1. The molecule has 2 aliphatic rings. The minimum Gasteiger partial charge on any atom is -0.337 e. The number of hydrogen-bond donors (Lipinski definition) is 1. The van der Waals surface area contributed by atoms with Gasteiger partial charge in [-0.05, 0) is 39.0 Å². The van der Waals surface area contributed by atoms with Gasteiger partial charge in [0.1, 0.15) is 0 Å². The number of carbonyl (C=O) groups excluding carboxylic acids is 2. The van der Waals surface area contributed by atoms with Gasteiger partial charge in [-0.3, -0.25) is 9.69 Å². The number of imide groups is 1. The highest BCUT2D eigenvalue weighted by Gasteiger charge is 2.45. The molecule has 3 amide bonds. The van der Waals surface area contributed by atoms with E-state index in [4.69, 9.17) is 0 Å². The van der Waals surface area contributed by atoms with Crippen LogP contribution in [0.2, 0.25) is 0 Å². The van der Waals surface area contributed by atoms with Gasteiger partial charge in [-0.15, -0.1) is 0 Å². The van der Waals surface area contributed by atoms with Crippen LogP contribution in [-0.4, -0.2) is 28.9 Å². The maximum absolute atomic E-state index is 12.1. The lowest BCUT2D eigenvalue weighted by atomic mass is 9.66. The van der Waals surface area contributed by atoms with Crippen LogP contribution >= 0.6 is 0 Å². The molecule has 90 valence electrons. The number of nitrogens with zero attached hydrogens (tertiary/aromatic N) is 1. The molecule has 4 nitrogen and oxygen atoms in total. The molecule has 1 N–H and O–H groups in total. The largest absolute Gasteiger partial charge is 0.337 e. The zero-order chi connectivity index (χ0) is 12.0. The average molecular weight is 224 g/mol. The van der Waals surface area contributed by atoms with E-state index >= 15 is 0 Å². The molecule has 1 heterocycles. The Morgan fingerprint density at radius 3 is 2.31 bits per heavy atom. The predicted molar refractivity (Wildman–Crippen MR) is 60.9 cm³/mol. The summed E-state index contributed by atoms with van der Waals surface area (Å²) in [5, 5.41) is 2.89. The Hall–Kier alpha value is -1.06. The molecule has 0 aromatic rings. The van der Waals surface area contributed by atoms with Gasteiger partial charge in [-0.1, -0.05) is 6.42 Å². The Morgan fingerprint density at radius 1 is 1.25 bits per heavy atom. The van der Waals surface area contributed by atoms with Crippen molar-refractivity contribution in [3.8, 4) is 0 Å². The molecule has 0 bridgehead atoms. The van der Waals surface area contributed by atoms with E-state index in [9.17, 15) is 9.59 Å². The zero-order valence-corrected chi connectivity index (χ0v) is 10.3. The van der Waals surface area contributed by atoms with Crippen molar-refractivity contribution < 1.29 is 9.59 Å². The lowest BCUT2D eigenvalue weighted by Crippen LogP contribution is -2.51. The molecule has 0 radical (unpaired) electrons. The van der Waals surface area contributed by atoms with Gasteiger partial charge in [-0.25, -0.2) is 4.79 Å². The Bertz CT molecular complexity index is 326. The molecule has 0 atom stereocenters. The first-order valence-corrected chi connectivity index (χ1v) is 5.95. The lowest BCUT2D eigenvalue weighted by molar-refractivity contribution is -0.134. The Morgan fingerprint density at radius 2 is 1.88 bits per heavy atom. The van der Waals surface area contributed by atoms with Crippen molar-refractivity contribution in [3.05, 3.63) is 0 Å². The standard InChI is InChI=1S/C12H20N2O2/c1-11(2,3)14-9(15)7-12(5-4-6-12)8-13-10(14)16/h4-8H2,1-3H3,(H,13,16). The molecule has 1 aliphatic carbocycles. The first-order valence-electron chi connectivity index (χ1n) is 5.95. The maximum atomic E-state index is 12.1. The minimum absolute atomic E-state index is 0.0257. The summed E-state index contributed by atoms with van der Waals surface area (Å²) in [5.74, 6) is -0.0257. The molecule has 2 fully saturated rings. The SMILES string of the molecule is CC(C)(C)N1C(=O)CC2(CCC2)CNC1=O. The van der Waals surface area contributed by atoms with Gasteiger partial charge in [0.2, 0.25) is 5.91 Å². The number of carbonyl (C=O) groups is 2. The number of urea groups is 1. The molecule has 0 aromatic carbocycles. The summed E-state index contributed by atoms with van der Waals surface area (Å²) in [7, 11) is 0. The van der Waals surface area contributed by atoms with Gasteiger partial charge < -0.3 is 5.32 Å². The fourth-order valence-corrected chi connectivity index (χ4v) is 2.63. The van der Waals surface area contributed by atoms with E-state index in [1.54, 1.807) is 0 Å². The van der Waals surface area contributed by atoms with Gasteiger partial charge in [0, 0.05) is 18.5 Å². The second-order valence-electron chi connectivity index (χ2n) is 6.09. The first kappa shape index (κ1) is 11.4. The highest BCUT2D eigenvalue weighted by molar-refractivity contribution is 5.96. The van der Waals surface area contributed by atoms with Crippen LogP contribution in [0.3, 0.4) is 0 Å². The van der Waals surface area contributed by atoms with E-state index < -0.39 is 5.54 Å². The average Bonchev–Trinajstić information content (AvgIpc) is 2.19. The number of amides is 3. The summed E-state index contributed by atoms with van der Waals surface area (Å²) in [6.07, 6.45) is 3.83. The van der Waals surface area contributed by atoms with Gasteiger partial charge in [0.25, 0.3) is 0 Å². The Labute approximate surface area is 96.4 Å². The summed E-state index contributed by atoms with van der Waals surface area (Å²) in [4.78, 5) is 25.4. The van der Waals surface area contributed by atoms with Crippen molar-refractivity contribution in [2.24, 2.45) is 5.41 Å². The van der Waals surface area contributed by atoms with E-state index in [0.29, 0.717) is 13.0 Å². The van der Waals surface area contributed by atoms with Crippen LogP contribution in [0.4, 0.5) is 4.79 Å². The third-order valence-corrected chi connectivity index (χ3v) is 3.68. The first-order chi connectivity index (χ1) is 7.34. The highest BCUT2D eigenvalue weighted by atomic mass is 16.2. The summed E-state index contributed by atoms with van der Waals surface area (Å²) in [5.41, 5.74) is -0.372. The summed E-state index contributed by atoms with van der Waals surface area (Å²) >= 11 is 0. The zero-order valence-electron chi connectivity index (χ0n) is 10.3. The highest BCUT2D eigenvalue weighted by Crippen LogP contribution is 2.45. The van der Waals surface area contributed by atoms with Crippen LogP contribution in [0.25, 0.3) is 0 Å². The molecular formula is C12H20N2O2. The molecule has 1 spiro atoms. The number of nitrogens with one attached hydrogen (secondary N) is 1. The molecular weight excluding hydrogens is 204 g/mol. The number of hydrogen-bond acceptors (Lipinski definition) is 2. The van der Waals surface area contributed by atoms with Crippen molar-refractivity contribution in [2.75, 3.05) is 6.54 Å². The topological polar surface area (TPSA) is 49.4 Å². The molecule has 2 rings (SSSR count). The van der Waals surface area contributed by atoms with Crippen molar-refractivity contribution in [3.63, 3.8) is 0 Å². The molecule has 16 heavy (non-hydrogen) atoms. The van der Waals surface area contributed by atoms with Crippen molar-refractivity contribution in [2.45, 2.75) is 52.0 Å². The van der Waals surface area contributed by atoms with Gasteiger partial charge in [-0.2, -0.15) is 0 Å². The predicted octanol–water partition coefficient (Wildman–Crippen LogP) is 1.90. The van der Waals surface area contributed by atoms with E-state index in [1.807, 2.05) is 20.8 Å².